The summed E-state index contributed by atoms with van der Waals surface area (Å²) in [4.78, 5) is 16.9. The predicted molar refractivity (Wildman–Crippen MR) is 201 cm³/mol. The number of rotatable bonds is 12. The van der Waals surface area contributed by atoms with Gasteiger partial charge in [-0.2, -0.15) is 4.98 Å². The van der Waals surface area contributed by atoms with Crippen LogP contribution >= 0.6 is 0 Å². The second-order valence-electron chi connectivity index (χ2n) is 14.2. The van der Waals surface area contributed by atoms with Crippen molar-refractivity contribution >= 4 is 21.5 Å². The first-order chi connectivity index (χ1) is 24.7. The molecule has 3 aromatic carbocycles. The number of methoxy groups -OCH3 is 1. The average Bonchev–Trinajstić information content (AvgIpc) is 3.83. The Morgan fingerprint density at radius 3 is 2.31 bits per heavy atom. The highest BCUT2D eigenvalue weighted by Gasteiger charge is 2.42. The van der Waals surface area contributed by atoms with E-state index < -0.39 is 16.1 Å². The number of para-hydroxylation sites is 1. The Bertz CT molecular complexity index is 1900. The molecule has 2 saturated heterocycles. The SMILES string of the molecule is COc1cc(C)c(S(=O)(=O)N2c3ccccc3C[C@H]2COc2nccc(N(C)CCN3CCC(c4ccccc4)(N4CCCC4)CC3)n2)c(C)c1. The molecule has 0 spiro atoms. The molecular formula is C40H50N6O4S. The summed E-state index contributed by atoms with van der Waals surface area (Å²) in [5.41, 5.74) is 4.52. The second-order valence-corrected chi connectivity index (χ2v) is 16.0. The highest BCUT2D eigenvalue weighted by atomic mass is 32.2. The van der Waals surface area contributed by atoms with Gasteiger partial charge in [-0.1, -0.05) is 48.5 Å². The third-order valence-electron chi connectivity index (χ3n) is 11.1. The Morgan fingerprint density at radius 2 is 1.61 bits per heavy atom. The Hall–Kier alpha value is -4.19. The average molecular weight is 711 g/mol. The summed E-state index contributed by atoms with van der Waals surface area (Å²) in [7, 11) is -0.283. The fraction of sp³-hybridized carbons (Fsp3) is 0.450. The number of aryl methyl sites for hydroxylation is 2. The van der Waals surface area contributed by atoms with Crippen LogP contribution in [0.3, 0.4) is 0 Å². The summed E-state index contributed by atoms with van der Waals surface area (Å²) < 4.78 is 41.8. The quantitative estimate of drug-likeness (QED) is 0.180. The van der Waals surface area contributed by atoms with Crippen molar-refractivity contribution in [2.24, 2.45) is 0 Å². The maximum absolute atomic E-state index is 14.4. The van der Waals surface area contributed by atoms with E-state index in [1.54, 1.807) is 25.4 Å². The van der Waals surface area contributed by atoms with Crippen molar-refractivity contribution in [1.82, 2.24) is 19.8 Å². The molecule has 0 bridgehead atoms. The van der Waals surface area contributed by atoms with Crippen LogP contribution in [-0.4, -0.2) is 94.3 Å². The number of aromatic nitrogens is 2. The van der Waals surface area contributed by atoms with E-state index in [1.165, 1.54) is 35.8 Å². The highest BCUT2D eigenvalue weighted by molar-refractivity contribution is 7.93. The number of hydrogen-bond donors (Lipinski definition) is 0. The zero-order chi connectivity index (χ0) is 35.6. The third-order valence-corrected chi connectivity index (χ3v) is 13.2. The van der Waals surface area contributed by atoms with E-state index >= 15 is 0 Å². The largest absolute Gasteiger partial charge is 0.497 e. The number of likely N-dealkylation sites (tertiary alicyclic amines) is 2. The van der Waals surface area contributed by atoms with Crippen LogP contribution in [0.4, 0.5) is 11.5 Å². The Labute approximate surface area is 303 Å². The number of piperidine rings is 1. The first-order valence-electron chi connectivity index (χ1n) is 18.2. The van der Waals surface area contributed by atoms with E-state index in [1.807, 2.05) is 44.2 Å². The lowest BCUT2D eigenvalue weighted by molar-refractivity contribution is 0.0351. The van der Waals surface area contributed by atoms with Gasteiger partial charge in [0.1, 0.15) is 18.2 Å². The molecule has 3 aliphatic heterocycles. The van der Waals surface area contributed by atoms with Crippen molar-refractivity contribution in [3.63, 3.8) is 0 Å². The monoisotopic (exact) mass is 710 g/mol. The molecule has 7 rings (SSSR count). The van der Waals surface area contributed by atoms with Crippen LogP contribution in [0.1, 0.15) is 47.9 Å². The summed E-state index contributed by atoms with van der Waals surface area (Å²) in [6, 6.07) is 24.0. The van der Waals surface area contributed by atoms with Gasteiger partial charge in [0.25, 0.3) is 10.0 Å². The number of ether oxygens (including phenoxy) is 2. The van der Waals surface area contributed by atoms with Crippen molar-refractivity contribution in [3.05, 3.63) is 101 Å². The first-order valence-corrected chi connectivity index (χ1v) is 19.6. The Morgan fingerprint density at radius 1 is 0.922 bits per heavy atom. The number of hydrogen-bond acceptors (Lipinski definition) is 9. The number of sulfonamides is 1. The van der Waals surface area contributed by atoms with E-state index in [2.05, 4.69) is 57.1 Å². The van der Waals surface area contributed by atoms with Gasteiger partial charge in [-0.15, -0.1) is 0 Å². The molecule has 51 heavy (non-hydrogen) atoms. The number of anilines is 2. The molecule has 1 aromatic heterocycles. The van der Waals surface area contributed by atoms with Gasteiger partial charge in [0.15, 0.2) is 0 Å². The number of nitrogens with zero attached hydrogens (tertiary/aromatic N) is 6. The van der Waals surface area contributed by atoms with E-state index in [0.29, 0.717) is 33.9 Å². The van der Waals surface area contributed by atoms with Gasteiger partial charge in [0.05, 0.1) is 23.7 Å². The van der Waals surface area contributed by atoms with Gasteiger partial charge in [0, 0.05) is 45.0 Å². The van der Waals surface area contributed by atoms with E-state index in [4.69, 9.17) is 14.5 Å². The van der Waals surface area contributed by atoms with Gasteiger partial charge in [-0.05, 0) is 106 Å². The molecule has 270 valence electrons. The summed E-state index contributed by atoms with van der Waals surface area (Å²) in [6.45, 7) is 10.0. The van der Waals surface area contributed by atoms with Crippen molar-refractivity contribution in [2.45, 2.75) is 62.4 Å². The Kier molecular flexibility index (Phi) is 10.2. The Balaban J connectivity index is 0.999. The fourth-order valence-corrected chi connectivity index (χ4v) is 10.5. The van der Waals surface area contributed by atoms with E-state index in [-0.39, 0.29) is 18.2 Å². The van der Waals surface area contributed by atoms with Gasteiger partial charge >= 0.3 is 6.01 Å². The van der Waals surface area contributed by atoms with Crippen molar-refractivity contribution in [2.75, 3.05) is 69.2 Å². The van der Waals surface area contributed by atoms with Crippen LogP contribution in [0.15, 0.2) is 83.9 Å². The lowest BCUT2D eigenvalue weighted by Crippen LogP contribution is -2.53. The standard InChI is InChI=1S/C40H50N6O4S/c1-30-26-35(49-4)27-31(2)38(30)51(47,48)46-34(28-32-12-8-9-15-36(32)46)29-50-39-41-19-16-37(42-39)43(3)24-25-44-22-17-40(18-23-44,45-20-10-11-21-45)33-13-6-5-7-14-33/h5-9,12-16,19,26-27,34H,10-11,17-18,20-25,28-29H2,1-4H3/t34-/m0/s1. The van der Waals surface area contributed by atoms with E-state index in [0.717, 1.165) is 50.4 Å². The van der Waals surface area contributed by atoms with Gasteiger partial charge < -0.3 is 19.3 Å². The molecule has 3 aliphatic rings. The molecule has 0 unspecified atom stereocenters. The van der Waals surface area contributed by atoms with E-state index in [9.17, 15) is 8.42 Å². The maximum Gasteiger partial charge on any atom is 0.318 e. The van der Waals surface area contributed by atoms with Crippen LogP contribution in [-0.2, 0) is 22.0 Å². The predicted octanol–water partition coefficient (Wildman–Crippen LogP) is 5.82. The summed E-state index contributed by atoms with van der Waals surface area (Å²) in [5.74, 6) is 1.41. The minimum Gasteiger partial charge on any atom is -0.497 e. The molecule has 0 saturated carbocycles. The zero-order valence-corrected chi connectivity index (χ0v) is 31.1. The van der Waals surface area contributed by atoms with Crippen molar-refractivity contribution in [1.29, 1.82) is 0 Å². The molecule has 0 aliphatic carbocycles. The summed E-state index contributed by atoms with van der Waals surface area (Å²) in [5, 5.41) is 0. The molecule has 0 N–H and O–H groups in total. The lowest BCUT2D eigenvalue weighted by Gasteiger charge is -2.48. The normalized spacial score (nSPS) is 19.2. The smallest absolute Gasteiger partial charge is 0.318 e. The number of benzene rings is 3. The molecule has 0 amide bonds. The molecule has 11 heteroatoms. The lowest BCUT2D eigenvalue weighted by atomic mass is 9.79. The van der Waals surface area contributed by atoms with Crippen molar-refractivity contribution in [3.8, 4) is 11.8 Å². The maximum atomic E-state index is 14.4. The van der Waals surface area contributed by atoms with Crippen LogP contribution < -0.4 is 18.7 Å². The molecule has 4 heterocycles. The van der Waals surface area contributed by atoms with Gasteiger partial charge in [-0.3, -0.25) is 9.21 Å². The number of likely N-dealkylation sites (N-methyl/N-ethyl adjacent to an activating group) is 1. The minimum absolute atomic E-state index is 0.114. The van der Waals surface area contributed by atoms with Crippen molar-refractivity contribution < 1.29 is 17.9 Å². The molecule has 0 radical (unpaired) electrons. The topological polar surface area (TPSA) is 91.3 Å². The summed E-state index contributed by atoms with van der Waals surface area (Å²) >= 11 is 0. The fourth-order valence-electron chi connectivity index (χ4n) is 8.44. The van der Waals surface area contributed by atoms with Crippen LogP contribution in [0.2, 0.25) is 0 Å². The molecule has 2 fully saturated rings. The van der Waals surface area contributed by atoms with Crippen LogP contribution in [0.5, 0.6) is 11.8 Å². The van der Waals surface area contributed by atoms with Crippen LogP contribution in [0, 0.1) is 13.8 Å². The van der Waals surface area contributed by atoms with Gasteiger partial charge in [-0.25, -0.2) is 13.4 Å². The summed E-state index contributed by atoms with van der Waals surface area (Å²) in [6.07, 6.45) is 7.11. The molecular weight excluding hydrogens is 661 g/mol. The number of fused-ring (bicyclic) bond motifs is 1. The highest BCUT2D eigenvalue weighted by Crippen LogP contribution is 2.41. The van der Waals surface area contributed by atoms with Gasteiger partial charge in [0.2, 0.25) is 0 Å². The molecule has 1 atom stereocenters. The second kappa shape index (κ2) is 14.8. The third kappa shape index (κ3) is 7.03. The molecule has 4 aromatic rings. The van der Waals surface area contributed by atoms with Crippen LogP contribution in [0.25, 0.3) is 0 Å². The zero-order valence-electron chi connectivity index (χ0n) is 30.3. The molecule has 10 nitrogen and oxygen atoms in total. The first kappa shape index (κ1) is 35.2. The minimum atomic E-state index is -3.92.